The lowest BCUT2D eigenvalue weighted by molar-refractivity contribution is 0.891. The van der Waals surface area contributed by atoms with E-state index in [0.717, 1.165) is 11.4 Å². The number of anilines is 1. The maximum absolute atomic E-state index is 6.05. The van der Waals surface area contributed by atoms with E-state index in [1.165, 1.54) is 0 Å². The second-order valence-corrected chi connectivity index (χ2v) is 4.20. The molecule has 1 aromatic heterocycles. The molecule has 0 unspecified atom stereocenters. The lowest BCUT2D eigenvalue weighted by Gasteiger charge is -2.02. The molecule has 5 heteroatoms. The Morgan fingerprint density at radius 3 is 2.20 bits per heavy atom. The summed E-state index contributed by atoms with van der Waals surface area (Å²) in [4.78, 5) is 0. The molecule has 0 atom stereocenters. The summed E-state index contributed by atoms with van der Waals surface area (Å²) in [5, 5.41) is 12.5. The highest BCUT2D eigenvalue weighted by atomic mass is 15.3. The van der Waals surface area contributed by atoms with Gasteiger partial charge in [0.05, 0.1) is 17.6 Å². The molecule has 0 fully saturated rings. The molecule has 0 bridgehead atoms. The number of nitrogens with two attached hydrogens (primary N) is 1. The molecule has 3 rings (SSSR count). The fourth-order valence-corrected chi connectivity index (χ4v) is 1.81. The van der Waals surface area contributed by atoms with E-state index >= 15 is 0 Å². The van der Waals surface area contributed by atoms with Gasteiger partial charge >= 0.3 is 0 Å². The summed E-state index contributed by atoms with van der Waals surface area (Å²) in [6.45, 7) is 0. The fraction of sp³-hybridized carbons (Fsp3) is 0. The molecule has 0 aliphatic rings. The molecule has 98 valence electrons. The van der Waals surface area contributed by atoms with Crippen molar-refractivity contribution in [1.82, 2.24) is 9.78 Å². The number of benzene rings is 2. The highest BCUT2D eigenvalue weighted by molar-refractivity contribution is 5.60. The number of hydrogen-bond acceptors (Lipinski definition) is 4. The van der Waals surface area contributed by atoms with Gasteiger partial charge in [-0.3, -0.25) is 0 Å². The number of hydrogen-bond donors (Lipinski definition) is 1. The van der Waals surface area contributed by atoms with Crippen molar-refractivity contribution in [1.29, 1.82) is 0 Å². The molecule has 0 aliphatic heterocycles. The molecular formula is C15H13N5. The summed E-state index contributed by atoms with van der Waals surface area (Å²) >= 11 is 0. The zero-order valence-corrected chi connectivity index (χ0v) is 10.7. The van der Waals surface area contributed by atoms with Gasteiger partial charge in [-0.15, -0.1) is 5.11 Å². The first-order valence-electron chi connectivity index (χ1n) is 6.20. The van der Waals surface area contributed by atoms with Gasteiger partial charge in [-0.2, -0.15) is 10.2 Å². The van der Waals surface area contributed by atoms with Gasteiger partial charge in [0, 0.05) is 0 Å². The average molecular weight is 263 g/mol. The highest BCUT2D eigenvalue weighted by Gasteiger charge is 2.07. The maximum atomic E-state index is 6.05. The van der Waals surface area contributed by atoms with E-state index < -0.39 is 0 Å². The highest BCUT2D eigenvalue weighted by Crippen LogP contribution is 2.26. The SMILES string of the molecule is Nc1c(/N=N/c2ccccc2)cnn1-c1ccccc1. The number of azo groups is 1. The van der Waals surface area contributed by atoms with Crippen molar-refractivity contribution < 1.29 is 0 Å². The predicted molar refractivity (Wildman–Crippen MR) is 78.6 cm³/mol. The summed E-state index contributed by atoms with van der Waals surface area (Å²) in [7, 11) is 0. The van der Waals surface area contributed by atoms with E-state index in [4.69, 9.17) is 5.73 Å². The van der Waals surface area contributed by atoms with E-state index in [1.54, 1.807) is 10.9 Å². The van der Waals surface area contributed by atoms with Gasteiger partial charge in [0.15, 0.2) is 5.82 Å². The van der Waals surface area contributed by atoms with Gasteiger partial charge in [0.2, 0.25) is 0 Å². The summed E-state index contributed by atoms with van der Waals surface area (Å²) in [5.74, 6) is 0.468. The predicted octanol–water partition coefficient (Wildman–Crippen LogP) is 3.87. The fourth-order valence-electron chi connectivity index (χ4n) is 1.81. The topological polar surface area (TPSA) is 68.6 Å². The molecule has 0 radical (unpaired) electrons. The largest absolute Gasteiger partial charge is 0.382 e. The first-order chi connectivity index (χ1) is 9.84. The Labute approximate surface area is 116 Å². The minimum Gasteiger partial charge on any atom is -0.382 e. The van der Waals surface area contributed by atoms with Crippen LogP contribution in [0.3, 0.4) is 0 Å². The van der Waals surface area contributed by atoms with Crippen molar-refractivity contribution in [2.24, 2.45) is 10.2 Å². The Bertz CT molecular complexity index is 717. The number of nitrogen functional groups attached to an aromatic ring is 1. The molecule has 2 aromatic carbocycles. The molecule has 0 aliphatic carbocycles. The van der Waals surface area contributed by atoms with Crippen LogP contribution >= 0.6 is 0 Å². The third kappa shape index (κ3) is 2.42. The molecule has 2 N–H and O–H groups in total. The van der Waals surface area contributed by atoms with Gasteiger partial charge in [-0.05, 0) is 24.3 Å². The van der Waals surface area contributed by atoms with E-state index in [2.05, 4.69) is 15.3 Å². The molecule has 5 nitrogen and oxygen atoms in total. The Morgan fingerprint density at radius 1 is 0.850 bits per heavy atom. The summed E-state index contributed by atoms with van der Waals surface area (Å²) in [6, 6.07) is 19.2. The zero-order chi connectivity index (χ0) is 13.8. The smallest absolute Gasteiger partial charge is 0.155 e. The van der Waals surface area contributed by atoms with E-state index in [1.807, 2.05) is 60.7 Å². The van der Waals surface area contributed by atoms with Gasteiger partial charge in [-0.25, -0.2) is 4.68 Å². The Balaban J connectivity index is 1.90. The summed E-state index contributed by atoms with van der Waals surface area (Å²) in [5.41, 5.74) is 8.27. The van der Waals surface area contributed by atoms with Crippen molar-refractivity contribution >= 4 is 17.2 Å². The van der Waals surface area contributed by atoms with Crippen molar-refractivity contribution in [2.45, 2.75) is 0 Å². The zero-order valence-electron chi connectivity index (χ0n) is 10.7. The van der Waals surface area contributed by atoms with Crippen LogP contribution in [-0.4, -0.2) is 9.78 Å². The van der Waals surface area contributed by atoms with Crippen molar-refractivity contribution in [3.05, 3.63) is 66.9 Å². The molecule has 0 saturated carbocycles. The normalized spacial score (nSPS) is 11.0. The monoisotopic (exact) mass is 263 g/mol. The molecule has 1 heterocycles. The van der Waals surface area contributed by atoms with Crippen LogP contribution in [-0.2, 0) is 0 Å². The first kappa shape index (κ1) is 12.1. The van der Waals surface area contributed by atoms with Gasteiger partial charge < -0.3 is 5.73 Å². The van der Waals surface area contributed by atoms with Crippen molar-refractivity contribution in [3.63, 3.8) is 0 Å². The minimum atomic E-state index is 0.468. The average Bonchev–Trinajstić information content (AvgIpc) is 2.88. The minimum absolute atomic E-state index is 0.468. The quantitative estimate of drug-likeness (QED) is 0.729. The van der Waals surface area contributed by atoms with Gasteiger partial charge in [0.1, 0.15) is 5.69 Å². The van der Waals surface area contributed by atoms with Crippen LogP contribution < -0.4 is 5.73 Å². The van der Waals surface area contributed by atoms with Crippen LogP contribution in [0, 0.1) is 0 Å². The molecule has 20 heavy (non-hydrogen) atoms. The molecule has 3 aromatic rings. The standard InChI is InChI=1S/C15H13N5/c16-15-14(19-18-12-7-3-1-4-8-12)11-17-20(15)13-9-5-2-6-10-13/h1-11H,16H2/b19-18+. The Kier molecular flexibility index (Phi) is 3.24. The molecule has 0 amide bonds. The van der Waals surface area contributed by atoms with Gasteiger partial charge in [0.25, 0.3) is 0 Å². The van der Waals surface area contributed by atoms with Gasteiger partial charge in [-0.1, -0.05) is 36.4 Å². The van der Waals surface area contributed by atoms with E-state index in [-0.39, 0.29) is 0 Å². The second kappa shape index (κ2) is 5.36. The lowest BCUT2D eigenvalue weighted by atomic mass is 10.3. The van der Waals surface area contributed by atoms with Crippen molar-refractivity contribution in [3.8, 4) is 5.69 Å². The first-order valence-corrected chi connectivity index (χ1v) is 6.20. The number of nitrogens with zero attached hydrogens (tertiary/aromatic N) is 4. The number of rotatable bonds is 3. The Hall–Kier alpha value is -2.95. The van der Waals surface area contributed by atoms with E-state index in [0.29, 0.717) is 11.5 Å². The number of para-hydroxylation sites is 1. The van der Waals surface area contributed by atoms with Crippen LogP contribution in [0.15, 0.2) is 77.1 Å². The van der Waals surface area contributed by atoms with Crippen molar-refractivity contribution in [2.75, 3.05) is 5.73 Å². The van der Waals surface area contributed by atoms with E-state index in [9.17, 15) is 0 Å². The molecular weight excluding hydrogens is 250 g/mol. The van der Waals surface area contributed by atoms with Crippen LogP contribution in [0.4, 0.5) is 17.2 Å². The third-order valence-corrected chi connectivity index (χ3v) is 2.82. The maximum Gasteiger partial charge on any atom is 0.155 e. The Morgan fingerprint density at radius 2 is 1.50 bits per heavy atom. The third-order valence-electron chi connectivity index (χ3n) is 2.82. The van der Waals surface area contributed by atoms with Crippen LogP contribution in [0.25, 0.3) is 5.69 Å². The second-order valence-electron chi connectivity index (χ2n) is 4.20. The van der Waals surface area contributed by atoms with Crippen LogP contribution in [0.1, 0.15) is 0 Å². The van der Waals surface area contributed by atoms with Crippen LogP contribution in [0.2, 0.25) is 0 Å². The lowest BCUT2D eigenvalue weighted by Crippen LogP contribution is -2.00. The summed E-state index contributed by atoms with van der Waals surface area (Å²) in [6.07, 6.45) is 1.61. The molecule has 0 spiro atoms. The summed E-state index contributed by atoms with van der Waals surface area (Å²) < 4.78 is 1.64. The number of aromatic nitrogens is 2. The van der Waals surface area contributed by atoms with Crippen LogP contribution in [0.5, 0.6) is 0 Å². The molecule has 0 saturated heterocycles.